The molecular weight excluding hydrogens is 500 g/mol. The van der Waals surface area contributed by atoms with Crippen molar-refractivity contribution in [1.82, 2.24) is 24.7 Å². The average Bonchev–Trinajstić information content (AvgIpc) is 3.46. The van der Waals surface area contributed by atoms with Gasteiger partial charge in [-0.1, -0.05) is 35.5 Å². The molecule has 11 heteroatoms. The molecule has 5 aromatic rings. The third kappa shape index (κ3) is 5.00. The van der Waals surface area contributed by atoms with Gasteiger partial charge in [0.05, 0.1) is 28.4 Å². The summed E-state index contributed by atoms with van der Waals surface area (Å²) < 4.78 is 7.43. The lowest BCUT2D eigenvalue weighted by Crippen LogP contribution is -2.14. The van der Waals surface area contributed by atoms with Gasteiger partial charge in [0.15, 0.2) is 11.0 Å². The Hall–Kier alpha value is -4.02. The Labute approximate surface area is 214 Å². The van der Waals surface area contributed by atoms with E-state index >= 15 is 0 Å². The summed E-state index contributed by atoms with van der Waals surface area (Å²) >= 11 is 7.71. The number of carbonyl (C=O) groups excluding carboxylic acids is 1. The van der Waals surface area contributed by atoms with Crippen LogP contribution in [0.4, 0.5) is 5.69 Å². The number of aromatic nitrogens is 5. The topological polar surface area (TPSA) is 118 Å². The van der Waals surface area contributed by atoms with Crippen LogP contribution in [0.2, 0.25) is 5.02 Å². The van der Waals surface area contributed by atoms with Gasteiger partial charge < -0.3 is 20.0 Å². The molecule has 2 aromatic heterocycles. The number of hydrogen-bond donors (Lipinski definition) is 3. The maximum absolute atomic E-state index is 12.7. The zero-order valence-corrected chi connectivity index (χ0v) is 20.7. The molecule has 0 aliphatic carbocycles. The van der Waals surface area contributed by atoms with Gasteiger partial charge in [0.25, 0.3) is 0 Å². The zero-order valence-electron chi connectivity index (χ0n) is 19.1. The standard InChI is InChI=1S/C25H21ClN6O3S/c1-2-35-17-10-8-16(9-11-17)32-23(18-5-3-4-6-19(18)26)30-31-25(32)36-14-22(33)27-15-7-12-20-21(13-15)29-24(34)28-20/h3-13H,2,14H2,1H3,(H,27,33)(H2,28,29,34). The summed E-state index contributed by atoms with van der Waals surface area (Å²) in [6.45, 7) is 2.50. The molecule has 0 radical (unpaired) electrons. The second-order valence-corrected chi connectivity index (χ2v) is 9.07. The highest BCUT2D eigenvalue weighted by Crippen LogP contribution is 2.32. The summed E-state index contributed by atoms with van der Waals surface area (Å²) in [4.78, 5) is 29.5. The molecule has 0 spiro atoms. The minimum Gasteiger partial charge on any atom is -0.494 e. The van der Waals surface area contributed by atoms with Crippen LogP contribution in [0.5, 0.6) is 5.75 Å². The Bertz CT molecular complexity index is 1590. The van der Waals surface area contributed by atoms with Crippen LogP contribution in [-0.4, -0.2) is 43.0 Å². The predicted octanol–water partition coefficient (Wildman–Crippen LogP) is 4.89. The van der Waals surface area contributed by atoms with E-state index in [4.69, 9.17) is 16.3 Å². The fourth-order valence-corrected chi connectivity index (χ4v) is 4.68. The molecule has 182 valence electrons. The number of imidazole rings is 1. The van der Waals surface area contributed by atoms with Crippen molar-refractivity contribution in [2.45, 2.75) is 12.1 Å². The van der Waals surface area contributed by atoms with Crippen LogP contribution < -0.4 is 15.7 Å². The molecule has 0 saturated heterocycles. The van der Waals surface area contributed by atoms with Crippen molar-refractivity contribution >= 4 is 46.0 Å². The first kappa shape index (κ1) is 23.7. The smallest absolute Gasteiger partial charge is 0.323 e. The van der Waals surface area contributed by atoms with E-state index in [0.29, 0.717) is 39.3 Å². The van der Waals surface area contributed by atoms with Gasteiger partial charge in [-0.25, -0.2) is 4.79 Å². The van der Waals surface area contributed by atoms with Gasteiger partial charge in [0.1, 0.15) is 5.75 Å². The van der Waals surface area contributed by atoms with Gasteiger partial charge >= 0.3 is 5.69 Å². The quantitative estimate of drug-likeness (QED) is 0.251. The van der Waals surface area contributed by atoms with Crippen molar-refractivity contribution < 1.29 is 9.53 Å². The molecule has 0 atom stereocenters. The third-order valence-corrected chi connectivity index (χ3v) is 6.54. The maximum atomic E-state index is 12.7. The lowest BCUT2D eigenvalue weighted by molar-refractivity contribution is -0.113. The summed E-state index contributed by atoms with van der Waals surface area (Å²) in [7, 11) is 0. The average molecular weight is 521 g/mol. The van der Waals surface area contributed by atoms with Crippen molar-refractivity contribution in [2.75, 3.05) is 17.7 Å². The maximum Gasteiger partial charge on any atom is 0.323 e. The van der Waals surface area contributed by atoms with Gasteiger partial charge in [0.2, 0.25) is 5.91 Å². The van der Waals surface area contributed by atoms with Crippen molar-refractivity contribution in [3.8, 4) is 22.8 Å². The number of hydrogen-bond acceptors (Lipinski definition) is 6. The number of aromatic amines is 2. The Balaban J connectivity index is 1.40. The van der Waals surface area contributed by atoms with Crippen LogP contribution in [-0.2, 0) is 4.79 Å². The number of H-pyrrole nitrogens is 2. The minimum atomic E-state index is -0.299. The van der Waals surface area contributed by atoms with Crippen LogP contribution in [0, 0.1) is 0 Å². The number of ether oxygens (including phenoxy) is 1. The Kier molecular flexibility index (Phi) is 6.79. The van der Waals surface area contributed by atoms with Crippen LogP contribution in [0.15, 0.2) is 76.7 Å². The number of anilines is 1. The van der Waals surface area contributed by atoms with Gasteiger partial charge in [-0.15, -0.1) is 10.2 Å². The van der Waals surface area contributed by atoms with Crippen LogP contribution in [0.3, 0.4) is 0 Å². The molecule has 9 nitrogen and oxygen atoms in total. The second-order valence-electron chi connectivity index (χ2n) is 7.72. The number of rotatable bonds is 8. The molecule has 0 aliphatic heterocycles. The number of amides is 1. The summed E-state index contributed by atoms with van der Waals surface area (Å²) in [6, 6.07) is 20.1. The normalized spacial score (nSPS) is 11.1. The second kappa shape index (κ2) is 10.3. The highest BCUT2D eigenvalue weighted by Gasteiger charge is 2.19. The van der Waals surface area contributed by atoms with E-state index in [1.165, 1.54) is 11.8 Å². The van der Waals surface area contributed by atoms with Gasteiger partial charge in [0, 0.05) is 16.9 Å². The van der Waals surface area contributed by atoms with Crippen LogP contribution in [0.1, 0.15) is 6.92 Å². The number of thioether (sulfide) groups is 1. The molecule has 3 aromatic carbocycles. The highest BCUT2D eigenvalue weighted by molar-refractivity contribution is 7.99. The fraction of sp³-hybridized carbons (Fsp3) is 0.120. The van der Waals surface area contributed by atoms with Gasteiger partial charge in [-0.05, 0) is 61.5 Å². The van der Waals surface area contributed by atoms with Gasteiger partial charge in [-0.3, -0.25) is 9.36 Å². The summed E-state index contributed by atoms with van der Waals surface area (Å²) in [5.41, 5.74) is 3.10. The Morgan fingerprint density at radius 2 is 1.83 bits per heavy atom. The molecule has 3 N–H and O–H groups in total. The zero-order chi connectivity index (χ0) is 25.1. The predicted molar refractivity (Wildman–Crippen MR) is 141 cm³/mol. The molecule has 2 heterocycles. The van der Waals surface area contributed by atoms with Crippen molar-refractivity contribution in [3.05, 3.63) is 82.2 Å². The number of nitrogens with one attached hydrogen (secondary N) is 3. The number of halogens is 1. The molecule has 36 heavy (non-hydrogen) atoms. The molecule has 5 rings (SSSR count). The van der Waals surface area contributed by atoms with Crippen molar-refractivity contribution in [2.24, 2.45) is 0 Å². The van der Waals surface area contributed by atoms with E-state index < -0.39 is 0 Å². The van der Waals surface area contributed by atoms with E-state index in [1.54, 1.807) is 24.3 Å². The van der Waals surface area contributed by atoms with E-state index in [2.05, 4.69) is 25.5 Å². The molecule has 0 unspecified atom stereocenters. The first-order valence-electron chi connectivity index (χ1n) is 11.1. The summed E-state index contributed by atoms with van der Waals surface area (Å²) in [5.74, 6) is 1.19. The number of carbonyl (C=O) groups is 1. The molecule has 1 amide bonds. The number of fused-ring (bicyclic) bond motifs is 1. The van der Waals surface area contributed by atoms with E-state index in [-0.39, 0.29) is 17.3 Å². The SMILES string of the molecule is CCOc1ccc(-n2c(SCC(=O)Nc3ccc4[nH]c(=O)[nH]c4c3)nnc2-c2ccccc2Cl)cc1. The highest BCUT2D eigenvalue weighted by atomic mass is 35.5. The molecule has 0 fully saturated rings. The summed E-state index contributed by atoms with van der Waals surface area (Å²) in [6.07, 6.45) is 0. The van der Waals surface area contributed by atoms with E-state index in [1.807, 2.05) is 54.0 Å². The number of nitrogens with zero attached hydrogens (tertiary/aromatic N) is 3. The van der Waals surface area contributed by atoms with Gasteiger partial charge in [-0.2, -0.15) is 0 Å². The molecule has 0 aliphatic rings. The van der Waals surface area contributed by atoms with Crippen molar-refractivity contribution in [1.29, 1.82) is 0 Å². The van der Waals surface area contributed by atoms with Crippen molar-refractivity contribution in [3.63, 3.8) is 0 Å². The first-order chi connectivity index (χ1) is 17.5. The first-order valence-corrected chi connectivity index (χ1v) is 12.5. The fourth-order valence-electron chi connectivity index (χ4n) is 3.71. The lowest BCUT2D eigenvalue weighted by atomic mass is 10.2. The largest absolute Gasteiger partial charge is 0.494 e. The van der Waals surface area contributed by atoms with E-state index in [9.17, 15) is 9.59 Å². The van der Waals surface area contributed by atoms with E-state index in [0.717, 1.165) is 17.0 Å². The molecule has 0 bridgehead atoms. The molecular formula is C25H21ClN6O3S. The van der Waals surface area contributed by atoms with Crippen LogP contribution >= 0.6 is 23.4 Å². The third-order valence-electron chi connectivity index (χ3n) is 5.29. The minimum absolute atomic E-state index is 0.0966. The number of benzene rings is 3. The lowest BCUT2D eigenvalue weighted by Gasteiger charge is -2.12. The Morgan fingerprint density at radius 3 is 2.61 bits per heavy atom. The Morgan fingerprint density at radius 1 is 1.06 bits per heavy atom. The monoisotopic (exact) mass is 520 g/mol. The van der Waals surface area contributed by atoms with Crippen LogP contribution in [0.25, 0.3) is 28.1 Å². The molecule has 0 saturated carbocycles. The summed E-state index contributed by atoms with van der Waals surface area (Å²) in [5, 5.41) is 12.7.